The van der Waals surface area contributed by atoms with E-state index in [9.17, 15) is 4.79 Å². The van der Waals surface area contributed by atoms with E-state index in [2.05, 4.69) is 10.3 Å². The van der Waals surface area contributed by atoms with Gasteiger partial charge in [0.25, 0.3) is 0 Å². The molecule has 0 spiro atoms. The molecule has 0 unspecified atom stereocenters. The molecule has 7 heteroatoms. The summed E-state index contributed by atoms with van der Waals surface area (Å²) >= 11 is 0. The quantitative estimate of drug-likeness (QED) is 0.523. The summed E-state index contributed by atoms with van der Waals surface area (Å²) in [6.45, 7) is 0.247. The van der Waals surface area contributed by atoms with Crippen molar-refractivity contribution in [2.45, 2.75) is 25.8 Å². The Morgan fingerprint density at radius 2 is 2.18 bits per heavy atom. The van der Waals surface area contributed by atoms with Crippen LogP contribution in [0.1, 0.15) is 18.5 Å². The second-order valence-electron chi connectivity index (χ2n) is 3.98. The zero-order valence-electron chi connectivity index (χ0n) is 9.62. The van der Waals surface area contributed by atoms with Crippen molar-refractivity contribution in [1.29, 1.82) is 0 Å². The number of aliphatic hydroxyl groups excluding tert-OH is 2. The fourth-order valence-electron chi connectivity index (χ4n) is 1.42. The van der Waals surface area contributed by atoms with Gasteiger partial charge in [0.1, 0.15) is 0 Å². The Morgan fingerprint density at radius 1 is 1.47 bits per heavy atom. The van der Waals surface area contributed by atoms with E-state index < -0.39 is 0 Å². The topological polar surface area (TPSA) is 114 Å². The lowest BCUT2D eigenvalue weighted by Gasteiger charge is -2.09. The van der Waals surface area contributed by atoms with Crippen molar-refractivity contribution in [3.63, 3.8) is 0 Å². The molecule has 0 saturated heterocycles. The average Bonchev–Trinajstić information content (AvgIpc) is 2.73. The number of primary amides is 1. The van der Waals surface area contributed by atoms with Crippen LogP contribution in [-0.2, 0) is 17.8 Å². The molecule has 1 aromatic heterocycles. The van der Waals surface area contributed by atoms with Gasteiger partial charge in [0.2, 0.25) is 5.91 Å². The highest BCUT2D eigenvalue weighted by molar-refractivity contribution is 5.73. The van der Waals surface area contributed by atoms with Gasteiger partial charge in [-0.05, 0) is 12.8 Å². The highest BCUT2D eigenvalue weighted by atomic mass is 16.3. The molecule has 0 aliphatic carbocycles. The number of aryl methyl sites for hydroxylation is 1. The zero-order valence-corrected chi connectivity index (χ0v) is 9.62. The number of rotatable bonds is 8. The maximum absolute atomic E-state index is 10.5. The Morgan fingerprint density at radius 3 is 2.76 bits per heavy atom. The van der Waals surface area contributed by atoms with Gasteiger partial charge in [0, 0.05) is 38.3 Å². The molecule has 0 fully saturated rings. The minimum absolute atomic E-state index is 0.0899. The molecule has 1 heterocycles. The van der Waals surface area contributed by atoms with E-state index in [1.54, 1.807) is 10.9 Å². The van der Waals surface area contributed by atoms with Crippen LogP contribution in [0.5, 0.6) is 0 Å². The average molecular weight is 242 g/mol. The summed E-state index contributed by atoms with van der Waals surface area (Å²) in [4.78, 5) is 10.5. The molecule has 0 radical (unpaired) electrons. The number of nitrogens with two attached hydrogens (primary N) is 1. The second kappa shape index (κ2) is 6.97. The summed E-state index contributed by atoms with van der Waals surface area (Å²) in [5.74, 6) is -0.548. The van der Waals surface area contributed by atoms with Gasteiger partial charge in [-0.3, -0.25) is 9.48 Å². The molecular weight excluding hydrogens is 224 g/mol. The Bertz CT molecular complexity index is 349. The van der Waals surface area contributed by atoms with Crippen molar-refractivity contribution >= 4 is 5.91 Å². The Kier molecular flexibility index (Phi) is 5.58. The maximum Gasteiger partial charge on any atom is 0.217 e. The predicted octanol–water partition coefficient (Wildman–Crippen LogP) is -1.31. The Labute approximate surface area is 99.2 Å². The largest absolute Gasteiger partial charge is 0.396 e. The lowest BCUT2D eigenvalue weighted by atomic mass is 10.2. The Balaban J connectivity index is 2.39. The fraction of sp³-hybridized carbons (Fsp3) is 0.700. The summed E-state index contributed by atoms with van der Waals surface area (Å²) in [7, 11) is 0. The summed E-state index contributed by atoms with van der Waals surface area (Å²) in [5, 5.41) is 25.7. The van der Waals surface area contributed by atoms with Crippen LogP contribution in [0.25, 0.3) is 0 Å². The van der Waals surface area contributed by atoms with Gasteiger partial charge in [0.15, 0.2) is 0 Å². The van der Waals surface area contributed by atoms with Gasteiger partial charge < -0.3 is 15.9 Å². The van der Waals surface area contributed by atoms with E-state index in [1.807, 2.05) is 0 Å². The smallest absolute Gasteiger partial charge is 0.217 e. The molecule has 0 atom stereocenters. The van der Waals surface area contributed by atoms with E-state index >= 15 is 0 Å². The van der Waals surface area contributed by atoms with Crippen LogP contribution in [0.3, 0.4) is 0 Å². The fourth-order valence-corrected chi connectivity index (χ4v) is 1.42. The molecule has 1 aromatic rings. The molecule has 0 bridgehead atoms. The van der Waals surface area contributed by atoms with Gasteiger partial charge in [-0.25, -0.2) is 0 Å². The third kappa shape index (κ3) is 4.92. The van der Waals surface area contributed by atoms with Crippen molar-refractivity contribution in [3.8, 4) is 0 Å². The minimum Gasteiger partial charge on any atom is -0.396 e. The summed E-state index contributed by atoms with van der Waals surface area (Å²) in [6.07, 6.45) is 3.38. The zero-order chi connectivity index (χ0) is 12.7. The first kappa shape index (κ1) is 13.6. The van der Waals surface area contributed by atoms with Gasteiger partial charge >= 0.3 is 0 Å². The molecule has 1 amide bonds. The first-order chi connectivity index (χ1) is 8.15. The number of hydrogen-bond acceptors (Lipinski definition) is 5. The van der Waals surface area contributed by atoms with Crippen molar-refractivity contribution in [1.82, 2.24) is 15.0 Å². The number of aliphatic hydroxyl groups is 2. The normalized spacial score (nSPS) is 11.0. The first-order valence-corrected chi connectivity index (χ1v) is 5.54. The lowest BCUT2D eigenvalue weighted by molar-refractivity contribution is -0.118. The standard InChI is InChI=1S/C10H18N4O3/c11-10(17)3-1-2-9-5-14(13-12-9)4-8(6-15)7-16/h5,8,15-16H,1-4,6-7H2,(H2,11,17). The number of hydrogen-bond donors (Lipinski definition) is 3. The van der Waals surface area contributed by atoms with E-state index in [0.717, 1.165) is 5.69 Å². The third-order valence-corrected chi connectivity index (χ3v) is 2.40. The maximum atomic E-state index is 10.5. The number of nitrogens with zero attached hydrogens (tertiary/aromatic N) is 3. The van der Waals surface area contributed by atoms with Crippen molar-refractivity contribution < 1.29 is 15.0 Å². The van der Waals surface area contributed by atoms with Crippen LogP contribution >= 0.6 is 0 Å². The van der Waals surface area contributed by atoms with E-state index in [4.69, 9.17) is 15.9 Å². The van der Waals surface area contributed by atoms with E-state index in [-0.39, 0.29) is 25.0 Å². The van der Waals surface area contributed by atoms with Crippen molar-refractivity contribution in [2.75, 3.05) is 13.2 Å². The van der Waals surface area contributed by atoms with Crippen LogP contribution in [0, 0.1) is 5.92 Å². The molecule has 0 aromatic carbocycles. The van der Waals surface area contributed by atoms with Gasteiger partial charge in [-0.15, -0.1) is 5.10 Å². The van der Waals surface area contributed by atoms with Crippen LogP contribution < -0.4 is 5.73 Å². The monoisotopic (exact) mass is 242 g/mol. The van der Waals surface area contributed by atoms with Gasteiger partial charge in [-0.2, -0.15) is 0 Å². The van der Waals surface area contributed by atoms with Crippen molar-refractivity contribution in [2.24, 2.45) is 11.7 Å². The van der Waals surface area contributed by atoms with E-state index in [1.165, 1.54) is 0 Å². The number of amides is 1. The molecule has 0 saturated carbocycles. The van der Waals surface area contributed by atoms with Gasteiger partial charge in [0.05, 0.1) is 5.69 Å². The van der Waals surface area contributed by atoms with Crippen molar-refractivity contribution in [3.05, 3.63) is 11.9 Å². The molecule has 7 nitrogen and oxygen atoms in total. The number of carbonyl (C=O) groups excluding carboxylic acids is 1. The van der Waals surface area contributed by atoms with Crippen LogP contribution in [0.15, 0.2) is 6.20 Å². The third-order valence-electron chi connectivity index (χ3n) is 2.40. The highest BCUT2D eigenvalue weighted by Crippen LogP contribution is 2.03. The number of carbonyl (C=O) groups is 1. The number of aromatic nitrogens is 3. The Hall–Kier alpha value is -1.47. The van der Waals surface area contributed by atoms with Crippen LogP contribution in [0.4, 0.5) is 0 Å². The highest BCUT2D eigenvalue weighted by Gasteiger charge is 2.09. The molecule has 4 N–H and O–H groups in total. The molecule has 96 valence electrons. The van der Waals surface area contributed by atoms with Crippen LogP contribution in [-0.4, -0.2) is 44.3 Å². The molecule has 0 aliphatic heterocycles. The molecule has 1 rings (SSSR count). The summed E-state index contributed by atoms with van der Waals surface area (Å²) in [5.41, 5.74) is 5.81. The molecule has 0 aliphatic rings. The summed E-state index contributed by atoms with van der Waals surface area (Å²) in [6, 6.07) is 0. The minimum atomic E-state index is -0.321. The van der Waals surface area contributed by atoms with Gasteiger partial charge in [-0.1, -0.05) is 5.21 Å². The molecular formula is C10H18N4O3. The lowest BCUT2D eigenvalue weighted by Crippen LogP contribution is -2.18. The van der Waals surface area contributed by atoms with E-state index in [0.29, 0.717) is 25.8 Å². The SMILES string of the molecule is NC(=O)CCCc1cn(CC(CO)CO)nn1. The first-order valence-electron chi connectivity index (χ1n) is 5.54. The second-order valence-corrected chi connectivity index (χ2v) is 3.98. The summed E-state index contributed by atoms with van der Waals surface area (Å²) < 4.78 is 1.58. The van der Waals surface area contributed by atoms with Crippen LogP contribution in [0.2, 0.25) is 0 Å². The predicted molar refractivity (Wildman–Crippen MR) is 59.8 cm³/mol. The molecule has 17 heavy (non-hydrogen) atoms.